The predicted octanol–water partition coefficient (Wildman–Crippen LogP) is 16.7. The van der Waals surface area contributed by atoms with Crippen LogP contribution in [0.1, 0.15) is 6.85 Å². The molecule has 12 aromatic rings. The Labute approximate surface area is 367 Å². The number of anilines is 3. The Morgan fingerprint density at radius 3 is 1.69 bits per heavy atom. The molecule has 0 radical (unpaired) electrons. The van der Waals surface area contributed by atoms with Crippen molar-refractivity contribution < 1.29 is 6.85 Å². The monoisotopic (exact) mass is 793 g/mol. The molecule has 0 atom stereocenters. The molecule has 0 aliphatic rings. The third kappa shape index (κ3) is 6.04. The summed E-state index contributed by atoms with van der Waals surface area (Å²) in [6.07, 6.45) is 0. The van der Waals surface area contributed by atoms with E-state index in [1.54, 1.807) is 0 Å². The summed E-state index contributed by atoms with van der Waals surface area (Å²) in [5, 5.41) is 9.36. The van der Waals surface area contributed by atoms with Gasteiger partial charge >= 0.3 is 0 Å². The molecule has 2 nitrogen and oxygen atoms in total. The SMILES string of the molecule is [2H]c1c([2H])c([2H])c(-c2ccc(N(c3ccc(-c4ccccc4)cc3)c3ccc(-c4ccc5c6ccc7ccccc7c6n(-c6ccc7ccccc7c6)c5c4)c4ccccc34)cc2)c([2H])c1[2H]. The summed E-state index contributed by atoms with van der Waals surface area (Å²) in [6.45, 7) is 0. The third-order valence-electron chi connectivity index (χ3n) is 12.2. The van der Waals surface area contributed by atoms with Gasteiger partial charge in [0, 0.05) is 38.6 Å². The van der Waals surface area contributed by atoms with E-state index in [2.05, 4.69) is 179 Å². The van der Waals surface area contributed by atoms with Crippen molar-refractivity contribution in [2.45, 2.75) is 0 Å². The lowest BCUT2D eigenvalue weighted by Crippen LogP contribution is -2.10. The topological polar surface area (TPSA) is 8.17 Å². The van der Waals surface area contributed by atoms with Gasteiger partial charge in [-0.15, -0.1) is 0 Å². The van der Waals surface area contributed by atoms with Crippen LogP contribution >= 0.6 is 0 Å². The molecule has 0 saturated heterocycles. The first-order chi connectivity index (χ1) is 32.8. The van der Waals surface area contributed by atoms with Crippen LogP contribution in [0, 0.1) is 0 Å². The average Bonchev–Trinajstić information content (AvgIpc) is 3.72. The normalized spacial score (nSPS) is 12.7. The maximum absolute atomic E-state index is 8.66. The zero-order valence-corrected chi connectivity index (χ0v) is 33.6. The lowest BCUT2D eigenvalue weighted by atomic mass is 9.95. The van der Waals surface area contributed by atoms with Crippen LogP contribution in [-0.2, 0) is 0 Å². The van der Waals surface area contributed by atoms with Gasteiger partial charge in [0.15, 0.2) is 0 Å². The molecule has 0 N–H and O–H groups in total. The second-order valence-corrected chi connectivity index (χ2v) is 15.8. The Hall–Kier alpha value is -8.20. The van der Waals surface area contributed by atoms with Gasteiger partial charge in [0.25, 0.3) is 0 Å². The Bertz CT molecular complexity index is 3890. The summed E-state index contributed by atoms with van der Waals surface area (Å²) in [6, 6.07) is 73.2. The summed E-state index contributed by atoms with van der Waals surface area (Å²) in [7, 11) is 0. The zero-order valence-electron chi connectivity index (χ0n) is 38.6. The fourth-order valence-electron chi connectivity index (χ4n) is 9.29. The molecular weight excluding hydrogens is 749 g/mol. The highest BCUT2D eigenvalue weighted by molar-refractivity contribution is 6.19. The van der Waals surface area contributed by atoms with Gasteiger partial charge in [-0.05, 0) is 103 Å². The maximum atomic E-state index is 8.66. The van der Waals surface area contributed by atoms with Gasteiger partial charge in [0.2, 0.25) is 0 Å². The number of hydrogen-bond donors (Lipinski definition) is 0. The molecule has 12 rings (SSSR count). The van der Waals surface area contributed by atoms with E-state index in [4.69, 9.17) is 6.85 Å². The third-order valence-corrected chi connectivity index (χ3v) is 12.2. The summed E-state index contributed by atoms with van der Waals surface area (Å²) < 4.78 is 44.5. The fraction of sp³-hybridized carbons (Fsp3) is 0. The molecule has 0 bridgehead atoms. The Morgan fingerprint density at radius 1 is 0.355 bits per heavy atom. The summed E-state index contributed by atoms with van der Waals surface area (Å²) in [4.78, 5) is 2.23. The fourth-order valence-corrected chi connectivity index (χ4v) is 9.29. The van der Waals surface area contributed by atoms with Crippen LogP contribution in [-0.4, -0.2) is 4.57 Å². The smallest absolute Gasteiger partial charge is 0.0629 e. The first-order valence-corrected chi connectivity index (χ1v) is 20.9. The second-order valence-electron chi connectivity index (χ2n) is 15.8. The van der Waals surface area contributed by atoms with Crippen molar-refractivity contribution in [1.29, 1.82) is 0 Å². The van der Waals surface area contributed by atoms with E-state index >= 15 is 0 Å². The summed E-state index contributed by atoms with van der Waals surface area (Å²) in [5.41, 5.74) is 11.4. The molecule has 0 unspecified atom stereocenters. The number of nitrogens with zero attached hydrogens (tertiary/aromatic N) is 2. The van der Waals surface area contributed by atoms with E-state index in [0.717, 1.165) is 61.3 Å². The molecule has 0 spiro atoms. The highest BCUT2D eigenvalue weighted by Crippen LogP contribution is 2.44. The molecule has 62 heavy (non-hydrogen) atoms. The van der Waals surface area contributed by atoms with Crippen molar-refractivity contribution in [3.63, 3.8) is 0 Å². The molecule has 290 valence electrons. The van der Waals surface area contributed by atoms with Crippen LogP contribution < -0.4 is 4.90 Å². The summed E-state index contributed by atoms with van der Waals surface area (Å²) in [5.74, 6) is 0. The minimum atomic E-state index is -0.406. The van der Waals surface area contributed by atoms with Crippen molar-refractivity contribution in [3.05, 3.63) is 243 Å². The van der Waals surface area contributed by atoms with E-state index in [1.165, 1.54) is 37.8 Å². The number of fused-ring (bicyclic) bond motifs is 7. The number of aromatic nitrogens is 1. The average molecular weight is 794 g/mol. The van der Waals surface area contributed by atoms with Gasteiger partial charge in [-0.2, -0.15) is 0 Å². The number of benzene rings is 11. The van der Waals surface area contributed by atoms with Crippen molar-refractivity contribution in [3.8, 4) is 39.1 Å². The molecule has 0 aliphatic carbocycles. The van der Waals surface area contributed by atoms with Gasteiger partial charge < -0.3 is 9.47 Å². The Balaban J connectivity index is 1.04. The van der Waals surface area contributed by atoms with Crippen LogP contribution in [0.15, 0.2) is 243 Å². The maximum Gasteiger partial charge on any atom is 0.0629 e. The van der Waals surface area contributed by atoms with Crippen molar-refractivity contribution in [2.24, 2.45) is 0 Å². The van der Waals surface area contributed by atoms with Crippen LogP contribution in [0.3, 0.4) is 0 Å². The first-order valence-electron chi connectivity index (χ1n) is 23.4. The van der Waals surface area contributed by atoms with Gasteiger partial charge in [0.1, 0.15) is 0 Å². The minimum Gasteiger partial charge on any atom is -0.310 e. The van der Waals surface area contributed by atoms with Gasteiger partial charge in [-0.25, -0.2) is 0 Å². The minimum absolute atomic E-state index is 0.177. The molecule has 2 heteroatoms. The Morgan fingerprint density at radius 2 is 0.935 bits per heavy atom. The van der Waals surface area contributed by atoms with E-state index in [1.807, 2.05) is 42.5 Å². The van der Waals surface area contributed by atoms with Crippen molar-refractivity contribution in [2.75, 3.05) is 4.90 Å². The van der Waals surface area contributed by atoms with Crippen LogP contribution in [0.25, 0.3) is 93.2 Å². The molecule has 1 heterocycles. The molecule has 0 aliphatic heterocycles. The van der Waals surface area contributed by atoms with Crippen LogP contribution in [0.4, 0.5) is 17.1 Å². The number of rotatable bonds is 7. The van der Waals surface area contributed by atoms with Crippen molar-refractivity contribution in [1.82, 2.24) is 4.57 Å². The second kappa shape index (κ2) is 14.8. The van der Waals surface area contributed by atoms with E-state index in [-0.39, 0.29) is 29.7 Å². The van der Waals surface area contributed by atoms with Gasteiger partial charge in [-0.1, -0.05) is 194 Å². The highest BCUT2D eigenvalue weighted by atomic mass is 15.1. The standard InChI is InChI=1S/C60H40N2/c1-3-13-41(14-4-1)44-23-30-49(31-24-44)61(50-32-25-45(26-33-50)42-15-5-2-6-16-42)58-38-37-52(54-21-11-12-22-55(54)58)48-29-35-56-57-36-28-46-18-9-10-20-53(46)60(57)62(59(56)40-48)51-34-27-43-17-7-8-19-47(43)39-51/h1-40H/i1D,3D,4D,13D,14D. The van der Waals surface area contributed by atoms with Crippen molar-refractivity contribution >= 4 is 71.2 Å². The zero-order chi connectivity index (χ0) is 45.3. The Kier molecular flexibility index (Phi) is 7.35. The lowest BCUT2D eigenvalue weighted by Gasteiger charge is -2.28. The molecular formula is C60H40N2. The van der Waals surface area contributed by atoms with Crippen LogP contribution in [0.5, 0.6) is 0 Å². The van der Waals surface area contributed by atoms with E-state index in [0.29, 0.717) is 5.56 Å². The lowest BCUT2D eigenvalue weighted by molar-refractivity contribution is 1.19. The van der Waals surface area contributed by atoms with E-state index in [9.17, 15) is 0 Å². The van der Waals surface area contributed by atoms with Crippen LogP contribution in [0.2, 0.25) is 0 Å². The summed E-state index contributed by atoms with van der Waals surface area (Å²) >= 11 is 0. The molecule has 0 saturated carbocycles. The van der Waals surface area contributed by atoms with Gasteiger partial charge in [-0.3, -0.25) is 0 Å². The number of hydrogen-bond acceptors (Lipinski definition) is 1. The first kappa shape index (κ1) is 30.8. The molecule has 0 fully saturated rings. The quantitative estimate of drug-likeness (QED) is 0.156. The van der Waals surface area contributed by atoms with Gasteiger partial charge in [0.05, 0.1) is 23.6 Å². The highest BCUT2D eigenvalue weighted by Gasteiger charge is 2.20. The predicted molar refractivity (Wildman–Crippen MR) is 264 cm³/mol. The molecule has 11 aromatic carbocycles. The van der Waals surface area contributed by atoms with E-state index < -0.39 is 6.04 Å². The molecule has 1 aromatic heterocycles. The largest absolute Gasteiger partial charge is 0.310 e. The molecule has 0 amide bonds.